The number of nitriles is 2. The molecule has 1 aromatic heterocycles. The van der Waals surface area contributed by atoms with Crippen LogP contribution in [0.4, 0.5) is 105 Å². The second-order valence-electron chi connectivity index (χ2n) is 15.9. The number of alkyl halides is 24. The molecule has 0 N–H and O–H groups in total. The van der Waals surface area contributed by atoms with Crippen LogP contribution in [0.3, 0.4) is 0 Å². The summed E-state index contributed by atoms with van der Waals surface area (Å²) in [6, 6.07) is -4.92. The summed E-state index contributed by atoms with van der Waals surface area (Å²) in [5, 5.41) is 17.7. The van der Waals surface area contributed by atoms with Crippen molar-refractivity contribution in [1.82, 2.24) is 4.98 Å². The fraction of sp³-hybridized carbons (Fsp3) is 0.273. The number of hydrogen-bond donors (Lipinski definition) is 0. The zero-order valence-corrected chi connectivity index (χ0v) is 36.0. The summed E-state index contributed by atoms with van der Waals surface area (Å²) >= 11 is 0. The number of rotatable bonds is 7. The minimum atomic E-state index is -6.13. The molecule has 0 amide bonds. The first-order chi connectivity index (χ1) is 32.9. The predicted molar refractivity (Wildman–Crippen MR) is 208 cm³/mol. The first kappa shape index (κ1) is 58.6. The van der Waals surface area contributed by atoms with Gasteiger partial charge in [0.15, 0.2) is 18.9 Å². The van der Waals surface area contributed by atoms with E-state index in [1.165, 1.54) is 0 Å². The van der Waals surface area contributed by atoms with Crippen molar-refractivity contribution in [3.63, 3.8) is 0 Å². The molecule has 0 atom stereocenters. The smallest absolute Gasteiger partial charge is 0.252 e. The van der Waals surface area contributed by atoms with Crippen molar-refractivity contribution in [3.8, 4) is 12.1 Å². The summed E-state index contributed by atoms with van der Waals surface area (Å²) in [4.78, 5) is 3.92. The zero-order chi connectivity index (χ0) is 55.9. The maximum absolute atomic E-state index is 14.2. The van der Waals surface area contributed by atoms with E-state index in [1.807, 2.05) is 42.9 Å². The van der Waals surface area contributed by atoms with Crippen molar-refractivity contribution in [2.75, 3.05) is 0 Å². The van der Waals surface area contributed by atoms with Gasteiger partial charge in [0.2, 0.25) is 0 Å². The minimum absolute atomic E-state index is 0.176. The molecule has 1 heterocycles. The van der Waals surface area contributed by atoms with Crippen LogP contribution in [0.15, 0.2) is 109 Å². The molecule has 0 aliphatic carbocycles. The lowest BCUT2D eigenvalue weighted by Gasteiger charge is -2.46. The van der Waals surface area contributed by atoms with E-state index < -0.39 is 195 Å². The van der Waals surface area contributed by atoms with Crippen molar-refractivity contribution in [2.24, 2.45) is 5.92 Å². The van der Waals surface area contributed by atoms with Gasteiger partial charge in [0.25, 0.3) is 0 Å². The number of hydrogen-bond acceptors (Lipinski definition) is 3. The van der Waals surface area contributed by atoms with Crippen molar-refractivity contribution in [2.45, 2.75) is 69.8 Å². The number of benzene rings is 4. The maximum atomic E-state index is 14.2. The second-order valence-corrected chi connectivity index (χ2v) is 15.9. The van der Waals surface area contributed by atoms with Crippen LogP contribution in [0.5, 0.6) is 0 Å². The first-order valence-corrected chi connectivity index (χ1v) is 19.6. The Bertz CT molecular complexity index is 2470. The van der Waals surface area contributed by atoms with Crippen LogP contribution < -0.4 is 26.4 Å². The number of allylic oxidation sites excluding steroid dienone is 2. The van der Waals surface area contributed by atoms with E-state index in [0.29, 0.717) is 6.54 Å². The van der Waals surface area contributed by atoms with Gasteiger partial charge in [-0.15, -0.1) is 0 Å². The quantitative estimate of drug-likeness (QED) is 0.0706. The predicted octanol–water partition coefficient (Wildman–Crippen LogP) is 12.6. The van der Waals surface area contributed by atoms with Gasteiger partial charge >= 0.3 is 49.4 Å². The molecule has 5 rings (SSSR count). The summed E-state index contributed by atoms with van der Waals surface area (Å²) in [6.07, 6.45) is -47.8. The topological polar surface area (TPSA) is 64.3 Å². The van der Waals surface area contributed by atoms with Gasteiger partial charge in [0.05, 0.1) is 56.9 Å². The van der Waals surface area contributed by atoms with Gasteiger partial charge < -0.3 is 0 Å². The fourth-order valence-corrected chi connectivity index (χ4v) is 7.44. The van der Waals surface area contributed by atoms with Gasteiger partial charge in [-0.2, -0.15) is 142 Å². The highest BCUT2D eigenvalue weighted by atomic mass is 19.4. The molecule has 0 spiro atoms. The third-order valence-electron chi connectivity index (χ3n) is 10.7. The summed E-state index contributed by atoms with van der Waals surface area (Å²) in [5.41, 5.74) is -29.1. The van der Waals surface area contributed by atoms with Crippen LogP contribution in [-0.4, -0.2) is 11.1 Å². The molecule has 0 saturated carbocycles. The molecule has 0 radical (unpaired) electrons. The lowest BCUT2D eigenvalue weighted by molar-refractivity contribution is -0.690. The SMILES string of the molecule is CC(C)C(C[n+]1ccncc1)=C(C#N)C#N.FC(F)(F)c1cc([B-](c2cc(C(F)(F)F)cc(C(F)(F)F)c2)(c2cc(C(F)(F)F)cc(C(F)(F)F)c2)c2cc(C(F)(F)F)cc(C(F)(F)F)c2)cc(C(F)(F)F)c1. The molecular weight excluding hydrogens is 1050 g/mol. The Morgan fingerprint density at radius 3 is 0.781 bits per heavy atom. The largest absolute Gasteiger partial charge is 0.416 e. The Labute approximate surface area is 394 Å². The van der Waals surface area contributed by atoms with Crippen LogP contribution in [-0.2, 0) is 56.0 Å². The Morgan fingerprint density at radius 1 is 0.411 bits per heavy atom. The monoisotopic (exact) mass is 1080 g/mol. The molecule has 5 aromatic rings. The second kappa shape index (κ2) is 20.2. The zero-order valence-electron chi connectivity index (χ0n) is 36.0. The fourth-order valence-electron chi connectivity index (χ4n) is 7.44. The van der Waals surface area contributed by atoms with E-state index in [-0.39, 0.29) is 11.5 Å². The van der Waals surface area contributed by atoms with Gasteiger partial charge in [-0.25, -0.2) is 0 Å². The van der Waals surface area contributed by atoms with Gasteiger partial charge in [-0.1, -0.05) is 62.4 Å². The van der Waals surface area contributed by atoms with Crippen LogP contribution in [0.2, 0.25) is 0 Å². The Balaban J connectivity index is 0.000000613. The normalized spacial score (nSPS) is 13.2. The van der Waals surface area contributed by atoms with Crippen LogP contribution >= 0.6 is 0 Å². The molecule has 4 aromatic carbocycles. The molecule has 29 heteroatoms. The van der Waals surface area contributed by atoms with Crippen molar-refractivity contribution < 1.29 is 110 Å². The Morgan fingerprint density at radius 2 is 0.616 bits per heavy atom. The molecule has 0 fully saturated rings. The van der Waals surface area contributed by atoms with Gasteiger partial charge in [0.1, 0.15) is 23.9 Å². The minimum Gasteiger partial charge on any atom is -0.252 e. The number of aromatic nitrogens is 2. The van der Waals surface area contributed by atoms with E-state index in [2.05, 4.69) is 4.98 Å². The van der Waals surface area contributed by atoms with Crippen molar-refractivity contribution in [3.05, 3.63) is 153 Å². The first-order valence-electron chi connectivity index (χ1n) is 19.6. The summed E-state index contributed by atoms with van der Waals surface area (Å²) in [5.74, 6) is 0.176. The van der Waals surface area contributed by atoms with E-state index in [4.69, 9.17) is 10.5 Å². The molecular formula is C44H25BF24N4. The molecule has 392 valence electrons. The van der Waals surface area contributed by atoms with E-state index in [1.54, 1.807) is 12.4 Å². The van der Waals surface area contributed by atoms with Crippen LogP contribution in [0, 0.1) is 28.6 Å². The third kappa shape index (κ3) is 13.8. The molecule has 0 aliphatic heterocycles. The summed E-state index contributed by atoms with van der Waals surface area (Å²) in [6.45, 7) is 4.51. The number of halogens is 24. The Hall–Kier alpha value is -6.94. The lowest BCUT2D eigenvalue weighted by Crippen LogP contribution is -2.75. The highest BCUT2D eigenvalue weighted by molar-refractivity contribution is 7.20. The standard InChI is InChI=1S/C32H12BF24.C12H13N4/c34-25(35,36)13-1-14(26(37,38)39)6-21(5-13)33(22-7-15(27(40,41)42)2-16(8-22)28(43,44)45,23-9-17(29(46,47)48)3-18(10-23)30(49,50)51)24-11-19(31(52,53)54)4-20(12-24)32(55,56)57;1-10(2)12(11(7-13)8-14)9-16-5-3-15-4-6-16/h1-12H;3-6,10H,9H2,1-2H3/q-1;+1. The summed E-state index contributed by atoms with van der Waals surface area (Å²) in [7, 11) is 0. The third-order valence-corrected chi connectivity index (χ3v) is 10.7. The van der Waals surface area contributed by atoms with Crippen LogP contribution in [0.1, 0.15) is 58.4 Å². The maximum Gasteiger partial charge on any atom is 0.416 e. The van der Waals surface area contributed by atoms with Gasteiger partial charge in [0, 0.05) is 5.57 Å². The number of nitrogens with zero attached hydrogens (tertiary/aromatic N) is 4. The summed E-state index contributed by atoms with van der Waals surface area (Å²) < 4.78 is 343. The molecule has 0 bridgehead atoms. The molecule has 0 saturated heterocycles. The van der Waals surface area contributed by atoms with Crippen molar-refractivity contribution >= 4 is 28.0 Å². The molecule has 4 nitrogen and oxygen atoms in total. The lowest BCUT2D eigenvalue weighted by atomic mass is 9.12. The van der Waals surface area contributed by atoms with Gasteiger partial charge in [-0.3, -0.25) is 4.98 Å². The average molecular weight is 1080 g/mol. The van der Waals surface area contributed by atoms with Crippen molar-refractivity contribution in [1.29, 1.82) is 10.5 Å². The average Bonchev–Trinajstić information content (AvgIpc) is 3.24. The highest BCUT2D eigenvalue weighted by Gasteiger charge is 2.47. The van der Waals surface area contributed by atoms with E-state index >= 15 is 0 Å². The van der Waals surface area contributed by atoms with E-state index in [9.17, 15) is 105 Å². The van der Waals surface area contributed by atoms with Gasteiger partial charge in [-0.05, 0) is 30.2 Å². The Kier molecular flexibility index (Phi) is 16.2. The molecule has 0 aliphatic rings. The van der Waals surface area contributed by atoms with E-state index in [0.717, 1.165) is 5.57 Å². The van der Waals surface area contributed by atoms with Crippen LogP contribution in [0.25, 0.3) is 0 Å². The molecule has 0 unspecified atom stereocenters. The molecule has 73 heavy (non-hydrogen) atoms. The highest BCUT2D eigenvalue weighted by Crippen LogP contribution is 2.41.